The van der Waals surface area contributed by atoms with Gasteiger partial charge in [0.25, 0.3) is 0 Å². The lowest BCUT2D eigenvalue weighted by atomic mass is 9.77. The quantitative estimate of drug-likeness (QED) is 0.704. The molecule has 0 aromatic heterocycles. The van der Waals surface area contributed by atoms with Gasteiger partial charge in [-0.25, -0.2) is 0 Å². The minimum absolute atomic E-state index is 0.0351. The predicted octanol–water partition coefficient (Wildman–Crippen LogP) is 2.58. The summed E-state index contributed by atoms with van der Waals surface area (Å²) >= 11 is 1.72. The molecule has 2 saturated heterocycles. The zero-order valence-corrected chi connectivity index (χ0v) is 18.1. The highest BCUT2D eigenvalue weighted by atomic mass is 32.2. The number of hydrogen-bond acceptors (Lipinski definition) is 5. The second kappa shape index (κ2) is 9.76. The Kier molecular flexibility index (Phi) is 8.26. The monoisotopic (exact) mass is 386 g/mol. The van der Waals surface area contributed by atoms with E-state index in [1.807, 2.05) is 7.05 Å². The minimum atomic E-state index is -0.347. The molecule has 2 unspecified atom stereocenters. The van der Waals surface area contributed by atoms with E-state index in [0.717, 1.165) is 19.4 Å². The Hall–Kier alpha value is -0.300. The Balaban J connectivity index is 2.02. The van der Waals surface area contributed by atoms with Crippen LogP contribution in [0.25, 0.3) is 0 Å². The molecule has 0 aromatic carbocycles. The number of thioether (sulfide) groups is 1. The number of rotatable bonds is 7. The van der Waals surface area contributed by atoms with E-state index in [1.165, 1.54) is 6.42 Å². The molecule has 26 heavy (non-hydrogen) atoms. The summed E-state index contributed by atoms with van der Waals surface area (Å²) in [5.74, 6) is 1.87. The van der Waals surface area contributed by atoms with Gasteiger partial charge in [-0.05, 0) is 49.8 Å². The van der Waals surface area contributed by atoms with E-state index in [2.05, 4.69) is 44.2 Å². The molecule has 2 heterocycles. The van der Waals surface area contributed by atoms with Crippen molar-refractivity contribution in [3.63, 3.8) is 0 Å². The molecular formula is C20H38N2O3S. The highest BCUT2D eigenvalue weighted by Crippen LogP contribution is 2.39. The van der Waals surface area contributed by atoms with Crippen LogP contribution in [0.15, 0.2) is 0 Å². The van der Waals surface area contributed by atoms with Crippen molar-refractivity contribution in [2.45, 2.75) is 70.6 Å². The lowest BCUT2D eigenvalue weighted by molar-refractivity contribution is -0.136. The maximum atomic E-state index is 12.9. The molecule has 152 valence electrons. The smallest absolute Gasteiger partial charge is 0.237 e. The lowest BCUT2D eigenvalue weighted by Gasteiger charge is -2.46. The average Bonchev–Trinajstić information content (AvgIpc) is 2.99. The summed E-state index contributed by atoms with van der Waals surface area (Å²) < 4.78 is 6.31. The maximum Gasteiger partial charge on any atom is 0.237 e. The maximum absolute atomic E-state index is 12.9. The molecule has 0 bridgehead atoms. The third-order valence-corrected chi connectivity index (χ3v) is 7.69. The zero-order valence-electron chi connectivity index (χ0n) is 17.3. The van der Waals surface area contributed by atoms with Crippen molar-refractivity contribution in [3.05, 3.63) is 0 Å². The summed E-state index contributed by atoms with van der Waals surface area (Å²) in [5, 5.41) is 13.1. The van der Waals surface area contributed by atoms with E-state index in [0.29, 0.717) is 23.7 Å². The summed E-state index contributed by atoms with van der Waals surface area (Å²) in [6.07, 6.45) is 5.16. The van der Waals surface area contributed by atoms with Gasteiger partial charge in [0.05, 0.1) is 24.8 Å². The topological polar surface area (TPSA) is 61.8 Å². The summed E-state index contributed by atoms with van der Waals surface area (Å²) in [6.45, 7) is 9.75. The van der Waals surface area contributed by atoms with Crippen LogP contribution in [0.5, 0.6) is 0 Å². The van der Waals surface area contributed by atoms with E-state index >= 15 is 0 Å². The van der Waals surface area contributed by atoms with Crippen molar-refractivity contribution >= 4 is 17.7 Å². The molecule has 0 saturated carbocycles. The van der Waals surface area contributed by atoms with Gasteiger partial charge in [0.15, 0.2) is 0 Å². The van der Waals surface area contributed by atoms with Gasteiger partial charge in [-0.1, -0.05) is 34.1 Å². The van der Waals surface area contributed by atoms with E-state index in [-0.39, 0.29) is 36.1 Å². The number of carbonyl (C=O) groups excluding carboxylic acids is 1. The number of nitrogens with zero attached hydrogens (tertiary/aromatic N) is 1. The number of ether oxygens (including phenoxy) is 1. The summed E-state index contributed by atoms with van der Waals surface area (Å²) in [7, 11) is 2.03. The number of aliphatic hydroxyl groups is 1. The minimum Gasteiger partial charge on any atom is -0.394 e. The van der Waals surface area contributed by atoms with E-state index in [9.17, 15) is 9.90 Å². The fraction of sp³-hybridized carbons (Fsp3) is 0.950. The standard InChI is InChI=1S/C20H38N2O3S/c1-7-8-15-9-17(22(5)10-15)19(24)21-16(11-23)18-13(3)12(2)14(4)20(25-18)26-6/h12-18,20,23H,7-11H2,1-6H3,(H,21,24)/t12-,13?,14-,15-,16-,17+,18+,20?/m1/s1. The van der Waals surface area contributed by atoms with Gasteiger partial charge >= 0.3 is 0 Å². The van der Waals surface area contributed by atoms with Gasteiger partial charge in [0, 0.05) is 6.54 Å². The van der Waals surface area contributed by atoms with Crippen molar-refractivity contribution < 1.29 is 14.6 Å². The predicted molar refractivity (Wildman–Crippen MR) is 108 cm³/mol. The van der Waals surface area contributed by atoms with Gasteiger partial charge in [0.2, 0.25) is 5.91 Å². The van der Waals surface area contributed by atoms with Crippen LogP contribution in [-0.4, -0.2) is 66.0 Å². The Morgan fingerprint density at radius 1 is 1.31 bits per heavy atom. The Morgan fingerprint density at radius 2 is 2.00 bits per heavy atom. The molecule has 5 nitrogen and oxygen atoms in total. The molecule has 0 aliphatic carbocycles. The first-order chi connectivity index (χ1) is 12.3. The first kappa shape index (κ1) is 22.0. The average molecular weight is 387 g/mol. The molecule has 2 aliphatic heterocycles. The molecule has 2 N–H and O–H groups in total. The number of carbonyl (C=O) groups is 1. The van der Waals surface area contributed by atoms with Gasteiger partial charge in [0.1, 0.15) is 5.44 Å². The molecule has 0 radical (unpaired) electrons. The third-order valence-electron chi connectivity index (χ3n) is 6.69. The third kappa shape index (κ3) is 4.75. The Labute approximate surface area is 163 Å². The Bertz CT molecular complexity index is 462. The van der Waals surface area contributed by atoms with Gasteiger partial charge in [-0.3, -0.25) is 9.69 Å². The highest BCUT2D eigenvalue weighted by Gasteiger charge is 2.43. The van der Waals surface area contributed by atoms with Crippen LogP contribution in [0.3, 0.4) is 0 Å². The second-order valence-corrected chi connectivity index (χ2v) is 9.36. The summed E-state index contributed by atoms with van der Waals surface area (Å²) in [6, 6.07) is -0.437. The fourth-order valence-corrected chi connectivity index (χ4v) is 5.62. The van der Waals surface area contributed by atoms with Gasteiger partial charge in [-0.15, -0.1) is 11.8 Å². The van der Waals surface area contributed by atoms with Crippen molar-refractivity contribution in [2.24, 2.45) is 23.7 Å². The van der Waals surface area contributed by atoms with Crippen LogP contribution in [0, 0.1) is 23.7 Å². The zero-order chi connectivity index (χ0) is 19.4. The summed E-state index contributed by atoms with van der Waals surface area (Å²) in [5.41, 5.74) is 0.111. The number of likely N-dealkylation sites (N-methyl/N-ethyl adjacent to an activating group) is 1. The number of likely N-dealkylation sites (tertiary alicyclic amines) is 1. The normalized spacial score (nSPS) is 39.7. The van der Waals surface area contributed by atoms with Crippen molar-refractivity contribution in [1.29, 1.82) is 0 Å². The molecule has 0 aromatic rings. The Morgan fingerprint density at radius 3 is 2.58 bits per heavy atom. The van der Waals surface area contributed by atoms with Crippen LogP contribution in [0.2, 0.25) is 0 Å². The van der Waals surface area contributed by atoms with E-state index < -0.39 is 0 Å². The molecule has 8 atom stereocenters. The summed E-state index contributed by atoms with van der Waals surface area (Å²) in [4.78, 5) is 15.1. The van der Waals surface area contributed by atoms with Crippen LogP contribution >= 0.6 is 11.8 Å². The second-order valence-electron chi connectivity index (χ2n) is 8.43. The lowest BCUT2D eigenvalue weighted by Crippen LogP contribution is -2.57. The number of aliphatic hydroxyl groups excluding tert-OH is 1. The molecule has 6 heteroatoms. The molecule has 2 fully saturated rings. The number of hydrogen-bond donors (Lipinski definition) is 2. The first-order valence-electron chi connectivity index (χ1n) is 10.1. The molecule has 2 aliphatic rings. The first-order valence-corrected chi connectivity index (χ1v) is 11.4. The van der Waals surface area contributed by atoms with Gasteiger partial charge in [-0.2, -0.15) is 0 Å². The van der Waals surface area contributed by atoms with Crippen molar-refractivity contribution in [1.82, 2.24) is 10.2 Å². The SMILES string of the molecule is CCC[C@@H]1C[C@@H](C(=O)N[C@H](CO)[C@H]2OC(SC)[C@H](C)[C@H](C)C2C)N(C)C1. The highest BCUT2D eigenvalue weighted by molar-refractivity contribution is 7.99. The number of amides is 1. The van der Waals surface area contributed by atoms with Gasteiger partial charge < -0.3 is 15.2 Å². The molecule has 2 rings (SSSR count). The molecule has 1 amide bonds. The van der Waals surface area contributed by atoms with Crippen molar-refractivity contribution in [2.75, 3.05) is 26.5 Å². The van der Waals surface area contributed by atoms with Crippen molar-refractivity contribution in [3.8, 4) is 0 Å². The van der Waals surface area contributed by atoms with E-state index in [4.69, 9.17) is 4.74 Å². The number of nitrogens with one attached hydrogen (secondary N) is 1. The van der Waals surface area contributed by atoms with Crippen LogP contribution in [-0.2, 0) is 9.53 Å². The van der Waals surface area contributed by atoms with Crippen LogP contribution in [0.1, 0.15) is 47.0 Å². The molecular weight excluding hydrogens is 348 g/mol. The largest absolute Gasteiger partial charge is 0.394 e. The van der Waals surface area contributed by atoms with Crippen LogP contribution in [0.4, 0.5) is 0 Å². The molecule has 0 spiro atoms. The van der Waals surface area contributed by atoms with Crippen LogP contribution < -0.4 is 5.32 Å². The van der Waals surface area contributed by atoms with E-state index in [1.54, 1.807) is 11.8 Å². The fourth-order valence-electron chi connectivity index (χ4n) is 4.70.